The van der Waals surface area contributed by atoms with Crippen LogP contribution in [0.15, 0.2) is 6.07 Å². The van der Waals surface area contributed by atoms with Crippen molar-refractivity contribution in [1.29, 1.82) is 0 Å². The summed E-state index contributed by atoms with van der Waals surface area (Å²) in [5.41, 5.74) is 6.18. The van der Waals surface area contributed by atoms with E-state index in [-0.39, 0.29) is 24.5 Å². The molecule has 2 aliphatic rings. The Morgan fingerprint density at radius 1 is 1.14 bits per heavy atom. The first-order chi connectivity index (χ1) is 10.7. The van der Waals surface area contributed by atoms with Crippen LogP contribution >= 0.6 is 11.3 Å². The highest BCUT2D eigenvalue weighted by Crippen LogP contribution is 2.30. The summed E-state index contributed by atoms with van der Waals surface area (Å²) < 4.78 is 5.57. The van der Waals surface area contributed by atoms with Gasteiger partial charge in [0.2, 0.25) is 0 Å². The lowest BCUT2D eigenvalue weighted by Gasteiger charge is -2.21. The van der Waals surface area contributed by atoms with Gasteiger partial charge in [-0.05, 0) is 43.7 Å². The molecular formula is C16H22N2O3S. The molecule has 120 valence electrons. The third kappa shape index (κ3) is 3.87. The molecule has 5 nitrogen and oxygen atoms in total. The maximum absolute atomic E-state index is 12.0. The molecule has 1 fully saturated rings. The molecule has 0 radical (unpaired) electrons. The van der Waals surface area contributed by atoms with Gasteiger partial charge in [0.1, 0.15) is 6.61 Å². The van der Waals surface area contributed by atoms with Gasteiger partial charge in [-0.25, -0.2) is 0 Å². The Kier molecular flexibility index (Phi) is 5.10. The fraction of sp³-hybridized carbons (Fsp3) is 0.625. The predicted octanol–water partition coefficient (Wildman–Crippen LogP) is 2.35. The molecule has 0 bridgehead atoms. The van der Waals surface area contributed by atoms with Crippen LogP contribution in [-0.2, 0) is 22.4 Å². The Hall–Kier alpha value is -1.40. The van der Waals surface area contributed by atoms with Gasteiger partial charge < -0.3 is 4.74 Å². The van der Waals surface area contributed by atoms with Gasteiger partial charge in [-0.3, -0.25) is 20.4 Å². The van der Waals surface area contributed by atoms with Gasteiger partial charge in [-0.1, -0.05) is 19.3 Å². The van der Waals surface area contributed by atoms with Crippen LogP contribution in [0, 0.1) is 0 Å². The van der Waals surface area contributed by atoms with Gasteiger partial charge >= 0.3 is 0 Å². The van der Waals surface area contributed by atoms with Gasteiger partial charge in [0.15, 0.2) is 0 Å². The largest absolute Gasteiger partial charge is 0.368 e. The molecule has 2 N–H and O–H groups in total. The first-order valence-corrected chi connectivity index (χ1v) is 8.86. The molecule has 1 aromatic heterocycles. The van der Waals surface area contributed by atoms with Crippen molar-refractivity contribution < 1.29 is 14.3 Å². The highest BCUT2D eigenvalue weighted by molar-refractivity contribution is 7.14. The Morgan fingerprint density at radius 3 is 2.73 bits per heavy atom. The lowest BCUT2D eigenvalue weighted by molar-refractivity contribution is -0.129. The van der Waals surface area contributed by atoms with E-state index in [1.54, 1.807) is 0 Å². The van der Waals surface area contributed by atoms with Gasteiger partial charge in [0.05, 0.1) is 11.0 Å². The number of rotatable bonds is 4. The predicted molar refractivity (Wildman–Crippen MR) is 84.8 cm³/mol. The van der Waals surface area contributed by atoms with Gasteiger partial charge in [0, 0.05) is 4.88 Å². The molecule has 2 amide bonds. The lowest BCUT2D eigenvalue weighted by Crippen LogP contribution is -2.43. The number of thiophene rings is 1. The number of carbonyl (C=O) groups excluding carboxylic acids is 2. The van der Waals surface area contributed by atoms with E-state index >= 15 is 0 Å². The fourth-order valence-electron chi connectivity index (χ4n) is 3.09. The number of aryl methyl sites for hydroxylation is 2. The van der Waals surface area contributed by atoms with E-state index in [9.17, 15) is 9.59 Å². The van der Waals surface area contributed by atoms with Crippen molar-refractivity contribution in [3.8, 4) is 0 Å². The van der Waals surface area contributed by atoms with E-state index < -0.39 is 0 Å². The van der Waals surface area contributed by atoms with Crippen molar-refractivity contribution in [2.24, 2.45) is 0 Å². The average molecular weight is 322 g/mol. The number of hydrogen-bond donors (Lipinski definition) is 2. The molecule has 0 spiro atoms. The van der Waals surface area contributed by atoms with Crippen LogP contribution in [-0.4, -0.2) is 24.5 Å². The smallest absolute Gasteiger partial charge is 0.279 e. The molecule has 1 saturated carbocycles. The second-order valence-electron chi connectivity index (χ2n) is 5.99. The number of carbonyl (C=O) groups is 2. The molecule has 0 aromatic carbocycles. The Morgan fingerprint density at radius 2 is 1.95 bits per heavy atom. The van der Waals surface area contributed by atoms with Crippen molar-refractivity contribution in [2.45, 2.75) is 57.5 Å². The minimum atomic E-state index is -0.303. The number of fused-ring (bicyclic) bond motifs is 1. The van der Waals surface area contributed by atoms with Crippen LogP contribution in [0.4, 0.5) is 0 Å². The average Bonchev–Trinajstić information content (AvgIpc) is 3.13. The van der Waals surface area contributed by atoms with Crippen molar-refractivity contribution >= 4 is 23.2 Å². The summed E-state index contributed by atoms with van der Waals surface area (Å²) >= 11 is 1.52. The zero-order valence-electron chi connectivity index (χ0n) is 12.7. The molecule has 2 aliphatic carbocycles. The minimum Gasteiger partial charge on any atom is -0.368 e. The van der Waals surface area contributed by atoms with E-state index in [0.29, 0.717) is 4.88 Å². The summed E-state index contributed by atoms with van der Waals surface area (Å²) in [4.78, 5) is 25.7. The third-order valence-corrected chi connectivity index (χ3v) is 5.52. The maximum atomic E-state index is 12.0. The number of hydrogen-bond acceptors (Lipinski definition) is 4. The van der Waals surface area contributed by atoms with Crippen LogP contribution in [0.2, 0.25) is 0 Å². The quantitative estimate of drug-likeness (QED) is 0.836. The molecule has 6 heteroatoms. The third-order valence-electron chi connectivity index (χ3n) is 4.29. The summed E-state index contributed by atoms with van der Waals surface area (Å²) in [6.45, 7) is 0.00584. The van der Waals surface area contributed by atoms with Crippen molar-refractivity contribution in [3.05, 3.63) is 21.4 Å². The molecule has 0 unspecified atom stereocenters. The maximum Gasteiger partial charge on any atom is 0.279 e. The second-order valence-corrected chi connectivity index (χ2v) is 7.12. The molecule has 1 aromatic rings. The first kappa shape index (κ1) is 15.5. The Balaban J connectivity index is 1.39. The van der Waals surface area contributed by atoms with Crippen LogP contribution < -0.4 is 10.9 Å². The van der Waals surface area contributed by atoms with Gasteiger partial charge in [0.25, 0.3) is 11.8 Å². The SMILES string of the molecule is O=C(COC1CCCCC1)NNC(=O)c1cc2c(s1)CCC2. The van der Waals surface area contributed by atoms with Gasteiger partial charge in [-0.2, -0.15) is 0 Å². The van der Waals surface area contributed by atoms with Crippen molar-refractivity contribution in [2.75, 3.05) is 6.61 Å². The van der Waals surface area contributed by atoms with E-state index in [0.717, 1.165) is 25.7 Å². The van der Waals surface area contributed by atoms with E-state index in [1.165, 1.54) is 47.5 Å². The summed E-state index contributed by atoms with van der Waals surface area (Å²) in [7, 11) is 0. The molecule has 0 saturated heterocycles. The molecular weight excluding hydrogens is 300 g/mol. The molecule has 0 atom stereocenters. The summed E-state index contributed by atoms with van der Waals surface area (Å²) in [5.74, 6) is -0.548. The topological polar surface area (TPSA) is 67.4 Å². The number of amides is 2. The standard InChI is InChI=1S/C16H22N2O3S/c19-15(10-21-12-6-2-1-3-7-12)17-18-16(20)14-9-11-5-4-8-13(11)22-14/h9,12H,1-8,10H2,(H,17,19)(H,18,20). The fourth-order valence-corrected chi connectivity index (χ4v) is 4.24. The van der Waals surface area contributed by atoms with Crippen LogP contribution in [0.1, 0.15) is 58.6 Å². The molecule has 1 heterocycles. The van der Waals surface area contributed by atoms with E-state index in [4.69, 9.17) is 4.74 Å². The molecule has 22 heavy (non-hydrogen) atoms. The minimum absolute atomic E-state index is 0.00584. The number of hydrazine groups is 1. The van der Waals surface area contributed by atoms with Crippen LogP contribution in [0.5, 0.6) is 0 Å². The second kappa shape index (κ2) is 7.24. The zero-order chi connectivity index (χ0) is 15.4. The highest BCUT2D eigenvalue weighted by atomic mass is 32.1. The molecule has 3 rings (SSSR count). The normalized spacial score (nSPS) is 18.0. The monoisotopic (exact) mass is 322 g/mol. The van der Waals surface area contributed by atoms with Crippen LogP contribution in [0.3, 0.4) is 0 Å². The van der Waals surface area contributed by atoms with Crippen molar-refractivity contribution in [1.82, 2.24) is 10.9 Å². The van der Waals surface area contributed by atoms with Crippen LogP contribution in [0.25, 0.3) is 0 Å². The number of ether oxygens (including phenoxy) is 1. The number of nitrogens with one attached hydrogen (secondary N) is 2. The summed E-state index contributed by atoms with van der Waals surface area (Å²) in [5, 5.41) is 0. The van der Waals surface area contributed by atoms with E-state index in [2.05, 4.69) is 10.9 Å². The van der Waals surface area contributed by atoms with Gasteiger partial charge in [-0.15, -0.1) is 11.3 Å². The zero-order valence-corrected chi connectivity index (χ0v) is 13.5. The highest BCUT2D eigenvalue weighted by Gasteiger charge is 2.19. The lowest BCUT2D eigenvalue weighted by atomic mass is 9.98. The van der Waals surface area contributed by atoms with Crippen molar-refractivity contribution in [3.63, 3.8) is 0 Å². The summed E-state index contributed by atoms with van der Waals surface area (Å²) in [6.07, 6.45) is 9.15. The molecule has 0 aliphatic heterocycles. The summed E-state index contributed by atoms with van der Waals surface area (Å²) in [6, 6.07) is 1.94. The van der Waals surface area contributed by atoms with E-state index in [1.807, 2.05) is 6.07 Å². The Bertz CT molecular complexity index is 528. The first-order valence-electron chi connectivity index (χ1n) is 8.05. The Labute approximate surface area is 134 Å².